The lowest BCUT2D eigenvalue weighted by molar-refractivity contribution is -0.138. The van der Waals surface area contributed by atoms with Crippen LogP contribution in [0.3, 0.4) is 0 Å². The minimum atomic E-state index is -4.59. The quantitative estimate of drug-likeness (QED) is 0.677. The Morgan fingerprint density at radius 3 is 2.60 bits per heavy atom. The molecule has 0 aliphatic heterocycles. The third kappa shape index (κ3) is 2.97. The molecule has 0 saturated heterocycles. The van der Waals surface area contributed by atoms with Gasteiger partial charge in [-0.2, -0.15) is 13.2 Å². The van der Waals surface area contributed by atoms with E-state index in [0.29, 0.717) is 5.69 Å². The molecule has 1 aliphatic carbocycles. The Kier molecular flexibility index (Phi) is 4.24. The Morgan fingerprint density at radius 2 is 2.00 bits per heavy atom. The number of aromatic amines is 1. The fourth-order valence-corrected chi connectivity index (χ4v) is 2.96. The van der Waals surface area contributed by atoms with E-state index in [0.717, 1.165) is 6.07 Å². The summed E-state index contributed by atoms with van der Waals surface area (Å²) in [5.74, 6) is -1.59. The molecule has 0 spiro atoms. The lowest BCUT2D eigenvalue weighted by atomic mass is 9.81. The molecule has 1 heterocycles. The molecule has 1 aliphatic rings. The first-order valence-electron chi connectivity index (χ1n) is 7.62. The van der Waals surface area contributed by atoms with Gasteiger partial charge in [0.25, 0.3) is 0 Å². The van der Waals surface area contributed by atoms with Gasteiger partial charge in [-0.1, -0.05) is 12.1 Å². The van der Waals surface area contributed by atoms with E-state index in [1.54, 1.807) is 25.3 Å². The van der Waals surface area contributed by atoms with Crippen molar-refractivity contribution in [3.63, 3.8) is 0 Å². The van der Waals surface area contributed by atoms with Crippen LogP contribution < -0.4 is 0 Å². The number of allylic oxidation sites excluding steroid dienone is 1. The lowest BCUT2D eigenvalue weighted by Gasteiger charge is -2.23. The summed E-state index contributed by atoms with van der Waals surface area (Å²) in [6, 6.07) is 6.65. The second-order valence-corrected chi connectivity index (χ2v) is 5.49. The number of hydrogen-bond donors (Lipinski definition) is 1. The molecule has 4 nitrogen and oxygen atoms in total. The highest BCUT2D eigenvalue weighted by Crippen LogP contribution is 2.40. The van der Waals surface area contributed by atoms with Crippen molar-refractivity contribution in [2.45, 2.75) is 19.5 Å². The van der Waals surface area contributed by atoms with Crippen molar-refractivity contribution in [1.29, 1.82) is 0 Å². The average molecular weight is 349 g/mol. The number of nitrogens with one attached hydrogen (secondary N) is 1. The minimum absolute atomic E-state index is 0.0586. The zero-order chi connectivity index (χ0) is 18.2. The van der Waals surface area contributed by atoms with Gasteiger partial charge in [-0.05, 0) is 36.3 Å². The molecule has 0 amide bonds. The van der Waals surface area contributed by atoms with E-state index in [9.17, 15) is 22.8 Å². The number of aromatic nitrogens is 1. The second kappa shape index (κ2) is 6.23. The first kappa shape index (κ1) is 17.0. The van der Waals surface area contributed by atoms with Crippen LogP contribution in [0.4, 0.5) is 13.2 Å². The van der Waals surface area contributed by atoms with Crippen molar-refractivity contribution < 1.29 is 27.5 Å². The topological polar surface area (TPSA) is 59.2 Å². The highest BCUT2D eigenvalue weighted by molar-refractivity contribution is 6.30. The van der Waals surface area contributed by atoms with E-state index in [2.05, 4.69) is 4.98 Å². The van der Waals surface area contributed by atoms with Crippen LogP contribution in [0.15, 0.2) is 42.1 Å². The second-order valence-electron chi connectivity index (χ2n) is 5.49. The fraction of sp³-hybridized carbons (Fsp3) is 0.222. The summed E-state index contributed by atoms with van der Waals surface area (Å²) in [5, 5.41) is 0. The molecule has 0 fully saturated rings. The lowest BCUT2D eigenvalue weighted by Crippen LogP contribution is -2.26. The molecule has 3 rings (SSSR count). The number of Topliss-reactive ketones (excluding diaryl/α,β-unsaturated/α-hetero) is 1. The number of alkyl halides is 3. The third-order valence-electron chi connectivity index (χ3n) is 4.01. The Balaban J connectivity index is 2.22. The molecule has 1 aromatic carbocycles. The molecule has 0 bridgehead atoms. The zero-order valence-corrected chi connectivity index (χ0v) is 13.2. The van der Waals surface area contributed by atoms with Gasteiger partial charge in [-0.15, -0.1) is 0 Å². The van der Waals surface area contributed by atoms with Gasteiger partial charge in [0.05, 0.1) is 12.2 Å². The number of fused-ring (bicyclic) bond motifs is 1. The molecule has 0 unspecified atom stereocenters. The Bertz CT molecular complexity index is 864. The Morgan fingerprint density at radius 1 is 1.24 bits per heavy atom. The van der Waals surface area contributed by atoms with Crippen molar-refractivity contribution in [3.05, 3.63) is 64.5 Å². The van der Waals surface area contributed by atoms with Gasteiger partial charge in [0.2, 0.25) is 5.78 Å². The molecule has 7 heteroatoms. The van der Waals surface area contributed by atoms with Crippen LogP contribution in [0.5, 0.6) is 0 Å². The molecule has 1 N–H and O–H groups in total. The number of benzene rings is 1. The molecule has 130 valence electrons. The monoisotopic (exact) mass is 349 g/mol. The van der Waals surface area contributed by atoms with E-state index in [4.69, 9.17) is 4.74 Å². The van der Waals surface area contributed by atoms with Crippen LogP contribution >= 0.6 is 0 Å². The number of rotatable bonds is 3. The zero-order valence-electron chi connectivity index (χ0n) is 13.2. The highest BCUT2D eigenvalue weighted by Gasteiger charge is 2.39. The van der Waals surface area contributed by atoms with Crippen molar-refractivity contribution in [3.8, 4) is 0 Å². The first-order valence-corrected chi connectivity index (χ1v) is 7.62. The molecule has 0 saturated carbocycles. The molecular formula is C18H14F3NO3. The van der Waals surface area contributed by atoms with E-state index in [1.807, 2.05) is 0 Å². The number of halogens is 3. The van der Waals surface area contributed by atoms with Crippen LogP contribution in [0.1, 0.15) is 34.1 Å². The van der Waals surface area contributed by atoms with Gasteiger partial charge in [0, 0.05) is 23.9 Å². The minimum Gasteiger partial charge on any atom is -0.462 e. The predicted molar refractivity (Wildman–Crippen MR) is 83.8 cm³/mol. The van der Waals surface area contributed by atoms with Crippen molar-refractivity contribution in [2.75, 3.05) is 6.61 Å². The highest BCUT2D eigenvalue weighted by atomic mass is 19.4. The third-order valence-corrected chi connectivity index (χ3v) is 4.01. The number of hydrogen-bond acceptors (Lipinski definition) is 3. The van der Waals surface area contributed by atoms with Gasteiger partial charge >= 0.3 is 12.1 Å². The van der Waals surface area contributed by atoms with Gasteiger partial charge in [0.1, 0.15) is 5.57 Å². The van der Waals surface area contributed by atoms with Gasteiger partial charge in [-0.25, -0.2) is 4.79 Å². The maximum absolute atomic E-state index is 13.3. The Hall–Kier alpha value is -2.83. The maximum Gasteiger partial charge on any atom is 0.416 e. The summed E-state index contributed by atoms with van der Waals surface area (Å²) >= 11 is 0. The van der Waals surface area contributed by atoms with Crippen LogP contribution in [0.2, 0.25) is 0 Å². The number of esters is 1. The van der Waals surface area contributed by atoms with Crippen molar-refractivity contribution in [1.82, 2.24) is 4.98 Å². The summed E-state index contributed by atoms with van der Waals surface area (Å²) < 4.78 is 44.9. The van der Waals surface area contributed by atoms with Gasteiger partial charge in [-0.3, -0.25) is 4.79 Å². The summed E-state index contributed by atoms with van der Waals surface area (Å²) in [7, 11) is 0. The van der Waals surface area contributed by atoms with E-state index in [-0.39, 0.29) is 35.3 Å². The smallest absolute Gasteiger partial charge is 0.416 e. The molecular weight excluding hydrogens is 335 g/mol. The molecule has 0 radical (unpaired) electrons. The predicted octanol–water partition coefficient (Wildman–Crippen LogP) is 3.79. The van der Waals surface area contributed by atoms with E-state index in [1.165, 1.54) is 12.1 Å². The number of carbonyl (C=O) groups excluding carboxylic acids is 2. The number of ketones is 1. The molecule has 25 heavy (non-hydrogen) atoms. The fourth-order valence-electron chi connectivity index (χ4n) is 2.96. The largest absolute Gasteiger partial charge is 0.462 e. The van der Waals surface area contributed by atoms with Crippen LogP contribution in [0.25, 0.3) is 5.57 Å². The summed E-state index contributed by atoms with van der Waals surface area (Å²) in [4.78, 5) is 27.9. The normalized spacial score (nSPS) is 14.5. The number of carbonyl (C=O) groups is 2. The molecule has 1 aromatic heterocycles. The Labute approximate surface area is 141 Å². The number of ether oxygens (including phenoxy) is 1. The van der Waals surface area contributed by atoms with Crippen LogP contribution in [0, 0.1) is 0 Å². The summed E-state index contributed by atoms with van der Waals surface area (Å²) in [5.41, 5.74) is -0.719. The van der Waals surface area contributed by atoms with Gasteiger partial charge in [0.15, 0.2) is 0 Å². The summed E-state index contributed by atoms with van der Waals surface area (Å²) in [6.45, 7) is 1.65. The standard InChI is InChI=1S/C18H14F3NO3/c1-2-25-17(24)15-12(14-7-4-8-22-14)9-11-10(16(15)23)5-3-6-13(11)18(19,20)21/h3-8,22H,2,9H2,1H3. The SMILES string of the molecule is CCOC(=O)C1=C(c2ccc[nH]2)Cc2c(cccc2C(F)(F)F)C1=O. The number of H-pyrrole nitrogens is 1. The maximum atomic E-state index is 13.3. The van der Waals surface area contributed by atoms with Crippen LogP contribution in [-0.2, 0) is 22.1 Å². The van der Waals surface area contributed by atoms with Gasteiger partial charge < -0.3 is 9.72 Å². The van der Waals surface area contributed by atoms with Crippen molar-refractivity contribution >= 4 is 17.3 Å². The van der Waals surface area contributed by atoms with E-state index >= 15 is 0 Å². The van der Waals surface area contributed by atoms with E-state index < -0.39 is 23.5 Å². The molecule has 2 aromatic rings. The molecule has 0 atom stereocenters. The first-order chi connectivity index (χ1) is 11.8. The average Bonchev–Trinajstić information content (AvgIpc) is 3.07. The summed E-state index contributed by atoms with van der Waals surface area (Å²) in [6.07, 6.45) is -3.21. The van der Waals surface area contributed by atoms with Crippen LogP contribution in [-0.4, -0.2) is 23.3 Å². The van der Waals surface area contributed by atoms with Crippen molar-refractivity contribution in [2.24, 2.45) is 0 Å².